The molecule has 0 unspecified atom stereocenters. The highest BCUT2D eigenvalue weighted by atomic mass is 16.3. The zero-order valence-electron chi connectivity index (χ0n) is 11.5. The van der Waals surface area contributed by atoms with Crippen LogP contribution in [0.1, 0.15) is 64.7 Å². The monoisotopic (exact) mass is 246 g/mol. The van der Waals surface area contributed by atoms with Gasteiger partial charge in [0.1, 0.15) is 0 Å². The SMILES string of the molecule is CCCCCC[CH]CCCCCN.OCCO. The Morgan fingerprint density at radius 1 is 0.824 bits per heavy atom. The number of nitrogens with two attached hydrogens (primary N) is 1. The molecule has 4 N–H and O–H groups in total. The Labute approximate surface area is 107 Å². The van der Waals surface area contributed by atoms with E-state index < -0.39 is 0 Å². The summed E-state index contributed by atoms with van der Waals surface area (Å²) in [4.78, 5) is 0. The van der Waals surface area contributed by atoms with Crippen LogP contribution in [0.4, 0.5) is 0 Å². The molecule has 0 heterocycles. The molecule has 0 saturated carbocycles. The molecule has 0 rings (SSSR count). The molecule has 0 spiro atoms. The van der Waals surface area contributed by atoms with E-state index in [0.717, 1.165) is 6.54 Å². The minimum Gasteiger partial charge on any atom is -0.394 e. The minimum atomic E-state index is -0.125. The lowest BCUT2D eigenvalue weighted by atomic mass is 10.1. The highest BCUT2D eigenvalue weighted by Gasteiger charge is 1.91. The maximum Gasteiger partial charge on any atom is 0.0662 e. The van der Waals surface area contributed by atoms with Gasteiger partial charge in [-0.2, -0.15) is 0 Å². The molecule has 1 radical (unpaired) electrons. The first-order chi connectivity index (χ1) is 8.33. The minimum absolute atomic E-state index is 0.125. The number of rotatable bonds is 11. The van der Waals surface area contributed by atoms with Crippen molar-refractivity contribution < 1.29 is 10.2 Å². The van der Waals surface area contributed by atoms with Crippen molar-refractivity contribution in [3.05, 3.63) is 6.42 Å². The van der Waals surface area contributed by atoms with E-state index in [1.807, 2.05) is 0 Å². The summed E-state index contributed by atoms with van der Waals surface area (Å²) in [6.07, 6.45) is 14.5. The fourth-order valence-electron chi connectivity index (χ4n) is 1.47. The van der Waals surface area contributed by atoms with Gasteiger partial charge in [-0.15, -0.1) is 0 Å². The van der Waals surface area contributed by atoms with Gasteiger partial charge in [-0.1, -0.05) is 58.3 Å². The normalized spacial score (nSPS) is 9.88. The molecule has 0 aromatic carbocycles. The highest BCUT2D eigenvalue weighted by molar-refractivity contribution is 4.64. The van der Waals surface area contributed by atoms with Crippen molar-refractivity contribution in [2.75, 3.05) is 19.8 Å². The van der Waals surface area contributed by atoms with Gasteiger partial charge in [0.2, 0.25) is 0 Å². The molecule has 105 valence electrons. The van der Waals surface area contributed by atoms with Crippen molar-refractivity contribution in [1.82, 2.24) is 0 Å². The largest absolute Gasteiger partial charge is 0.394 e. The Morgan fingerprint density at radius 3 is 1.76 bits per heavy atom. The van der Waals surface area contributed by atoms with Crippen molar-refractivity contribution in [3.63, 3.8) is 0 Å². The summed E-state index contributed by atoms with van der Waals surface area (Å²) in [6, 6.07) is 0. The standard InChI is InChI=1S/C12H26N.C2H6O2/c1-2-3-4-5-6-7-8-9-10-11-12-13;3-1-2-4/h7H,2-6,8-13H2,1H3;3-4H,1-2H2. The third kappa shape index (κ3) is 25.8. The average Bonchev–Trinajstić information content (AvgIpc) is 2.37. The quantitative estimate of drug-likeness (QED) is 0.491. The Kier molecular flexibility index (Phi) is 24.0. The maximum absolute atomic E-state index is 7.62. The number of hydrogen-bond acceptors (Lipinski definition) is 3. The number of aliphatic hydroxyl groups is 2. The van der Waals surface area contributed by atoms with Crippen LogP contribution in [0.25, 0.3) is 0 Å². The molecule has 0 amide bonds. The van der Waals surface area contributed by atoms with Crippen LogP contribution in [0.15, 0.2) is 0 Å². The van der Waals surface area contributed by atoms with E-state index >= 15 is 0 Å². The second-order valence-electron chi connectivity index (χ2n) is 4.22. The molecule has 3 nitrogen and oxygen atoms in total. The van der Waals surface area contributed by atoms with Gasteiger partial charge < -0.3 is 15.9 Å². The molecule has 0 saturated heterocycles. The lowest BCUT2D eigenvalue weighted by Crippen LogP contribution is -1.97. The van der Waals surface area contributed by atoms with Crippen molar-refractivity contribution in [3.8, 4) is 0 Å². The third-order valence-electron chi connectivity index (χ3n) is 2.47. The van der Waals surface area contributed by atoms with E-state index in [4.69, 9.17) is 15.9 Å². The summed E-state index contributed by atoms with van der Waals surface area (Å²) in [6.45, 7) is 2.87. The third-order valence-corrected chi connectivity index (χ3v) is 2.47. The van der Waals surface area contributed by atoms with Crippen LogP contribution in [0, 0.1) is 6.42 Å². The van der Waals surface area contributed by atoms with Gasteiger partial charge in [0.25, 0.3) is 0 Å². The van der Waals surface area contributed by atoms with Crippen molar-refractivity contribution in [2.24, 2.45) is 5.73 Å². The predicted molar refractivity (Wildman–Crippen MR) is 74.8 cm³/mol. The first-order valence-electron chi connectivity index (χ1n) is 7.06. The first kappa shape index (κ1) is 19.2. The van der Waals surface area contributed by atoms with Gasteiger partial charge in [-0.3, -0.25) is 0 Å². The van der Waals surface area contributed by atoms with Gasteiger partial charge >= 0.3 is 0 Å². The topological polar surface area (TPSA) is 66.5 Å². The Balaban J connectivity index is 0. The fraction of sp³-hybridized carbons (Fsp3) is 0.929. The molecule has 0 atom stereocenters. The van der Waals surface area contributed by atoms with Crippen LogP contribution in [0.2, 0.25) is 0 Å². The zero-order chi connectivity index (χ0) is 13.2. The molecule has 0 aliphatic heterocycles. The number of unbranched alkanes of at least 4 members (excludes halogenated alkanes) is 9. The van der Waals surface area contributed by atoms with Crippen LogP contribution in [0.3, 0.4) is 0 Å². The van der Waals surface area contributed by atoms with E-state index in [1.165, 1.54) is 57.8 Å². The molecule has 0 aliphatic carbocycles. The van der Waals surface area contributed by atoms with E-state index in [0.29, 0.717) is 0 Å². The first-order valence-corrected chi connectivity index (χ1v) is 7.06. The zero-order valence-corrected chi connectivity index (χ0v) is 11.5. The summed E-state index contributed by atoms with van der Waals surface area (Å²) < 4.78 is 0. The molecule has 17 heavy (non-hydrogen) atoms. The van der Waals surface area contributed by atoms with Gasteiger partial charge in [-0.25, -0.2) is 0 Å². The van der Waals surface area contributed by atoms with Gasteiger partial charge in [0.05, 0.1) is 13.2 Å². The van der Waals surface area contributed by atoms with Gasteiger partial charge in [0, 0.05) is 0 Å². The molecular formula is C14H32NO2. The molecule has 0 aromatic heterocycles. The summed E-state index contributed by atoms with van der Waals surface area (Å²) in [7, 11) is 0. The lowest BCUT2D eigenvalue weighted by molar-refractivity contribution is 0.186. The lowest BCUT2D eigenvalue weighted by Gasteiger charge is -2.00. The fourth-order valence-corrected chi connectivity index (χ4v) is 1.47. The molecule has 0 aromatic rings. The maximum atomic E-state index is 7.62. The van der Waals surface area contributed by atoms with E-state index in [9.17, 15) is 0 Å². The van der Waals surface area contributed by atoms with Gasteiger partial charge in [0.15, 0.2) is 0 Å². The average molecular weight is 246 g/mol. The van der Waals surface area contributed by atoms with E-state index in [-0.39, 0.29) is 13.2 Å². The summed E-state index contributed by atoms with van der Waals surface area (Å²) >= 11 is 0. The Bertz CT molecular complexity index is 98.4. The molecule has 0 fully saturated rings. The molecule has 3 heteroatoms. The van der Waals surface area contributed by atoms with Crippen LogP contribution in [-0.2, 0) is 0 Å². The predicted octanol–water partition coefficient (Wildman–Crippen LogP) is 2.65. The Hall–Kier alpha value is -0.120. The van der Waals surface area contributed by atoms with Crippen LogP contribution in [0.5, 0.6) is 0 Å². The van der Waals surface area contributed by atoms with Crippen molar-refractivity contribution >= 4 is 0 Å². The van der Waals surface area contributed by atoms with Crippen LogP contribution in [-0.4, -0.2) is 30.0 Å². The number of aliphatic hydroxyl groups excluding tert-OH is 2. The van der Waals surface area contributed by atoms with E-state index in [1.54, 1.807) is 0 Å². The Morgan fingerprint density at radius 2 is 1.35 bits per heavy atom. The van der Waals surface area contributed by atoms with E-state index in [2.05, 4.69) is 13.3 Å². The molecule has 0 bridgehead atoms. The molecular weight excluding hydrogens is 214 g/mol. The van der Waals surface area contributed by atoms with Gasteiger partial charge in [-0.05, 0) is 19.4 Å². The van der Waals surface area contributed by atoms with Crippen LogP contribution < -0.4 is 5.73 Å². The van der Waals surface area contributed by atoms with Crippen LogP contribution >= 0.6 is 0 Å². The highest BCUT2D eigenvalue weighted by Crippen LogP contribution is 2.08. The van der Waals surface area contributed by atoms with Crippen molar-refractivity contribution in [1.29, 1.82) is 0 Å². The summed E-state index contributed by atoms with van der Waals surface area (Å²) in [5, 5.41) is 15.2. The number of hydrogen-bond donors (Lipinski definition) is 3. The smallest absolute Gasteiger partial charge is 0.0662 e. The van der Waals surface area contributed by atoms with Crippen molar-refractivity contribution in [2.45, 2.75) is 64.7 Å². The second kappa shape index (κ2) is 21.2. The second-order valence-corrected chi connectivity index (χ2v) is 4.22. The summed E-state index contributed by atoms with van der Waals surface area (Å²) in [5.41, 5.74) is 5.41. The summed E-state index contributed by atoms with van der Waals surface area (Å²) in [5.74, 6) is 0. The molecule has 0 aliphatic rings.